The number of thiazole rings is 1. The zero-order valence-electron chi connectivity index (χ0n) is 16.5. The summed E-state index contributed by atoms with van der Waals surface area (Å²) in [5, 5.41) is 6.47. The summed E-state index contributed by atoms with van der Waals surface area (Å²) in [6, 6.07) is -1.40. The van der Waals surface area contributed by atoms with Gasteiger partial charge in [0, 0.05) is 57.0 Å². The van der Waals surface area contributed by atoms with Crippen molar-refractivity contribution in [1.29, 1.82) is 0 Å². The Kier molecular flexibility index (Phi) is 7.91. The third kappa shape index (κ3) is 6.34. The number of alkyl halides is 3. The number of halogens is 3. The highest BCUT2D eigenvalue weighted by atomic mass is 32.1. The molecular weight excluding hydrogens is 375 g/mol. The van der Waals surface area contributed by atoms with Crippen molar-refractivity contribution in [2.45, 2.75) is 52.3 Å². The number of nitrogens with one attached hydrogen (secondary N) is 1. The molecule has 2 rings (SSSR count). The Balaban J connectivity index is 1.90. The molecule has 2 heterocycles. The average Bonchev–Trinajstić information content (AvgIpc) is 3.09. The van der Waals surface area contributed by atoms with Crippen molar-refractivity contribution in [3.8, 4) is 0 Å². The lowest BCUT2D eigenvalue weighted by Crippen LogP contribution is -2.56. The van der Waals surface area contributed by atoms with E-state index in [1.54, 1.807) is 11.3 Å². The summed E-state index contributed by atoms with van der Waals surface area (Å²) in [4.78, 5) is 12.8. The molecule has 0 saturated carbocycles. The van der Waals surface area contributed by atoms with E-state index in [2.05, 4.69) is 34.5 Å². The monoisotopic (exact) mass is 405 g/mol. The number of aromatic nitrogens is 1. The van der Waals surface area contributed by atoms with Gasteiger partial charge in [0.1, 0.15) is 6.04 Å². The van der Waals surface area contributed by atoms with Gasteiger partial charge in [-0.05, 0) is 13.8 Å². The molecule has 1 atom stereocenters. The Labute approximate surface area is 163 Å². The van der Waals surface area contributed by atoms with Crippen LogP contribution in [0.5, 0.6) is 0 Å². The molecule has 1 N–H and O–H groups in total. The van der Waals surface area contributed by atoms with E-state index < -0.39 is 12.2 Å². The number of hydrogen-bond acceptors (Lipinski definition) is 4. The van der Waals surface area contributed by atoms with Crippen LogP contribution in [0.25, 0.3) is 0 Å². The quantitative estimate of drug-likeness (QED) is 0.582. The molecule has 1 aliphatic rings. The molecule has 0 spiro atoms. The number of aliphatic imine (C=N–C) groups is 1. The summed E-state index contributed by atoms with van der Waals surface area (Å²) in [6.45, 7) is 10.7. The van der Waals surface area contributed by atoms with Crippen LogP contribution in [0.1, 0.15) is 44.3 Å². The van der Waals surface area contributed by atoms with Crippen LogP contribution < -0.4 is 5.32 Å². The lowest BCUT2D eigenvalue weighted by molar-refractivity contribution is -0.181. The van der Waals surface area contributed by atoms with Crippen LogP contribution in [0.15, 0.2) is 10.4 Å². The zero-order valence-corrected chi connectivity index (χ0v) is 17.3. The number of nitrogens with zero attached hydrogens (tertiary/aromatic N) is 4. The van der Waals surface area contributed by atoms with Gasteiger partial charge in [0.25, 0.3) is 0 Å². The third-order valence-corrected chi connectivity index (χ3v) is 5.86. The second-order valence-corrected chi connectivity index (χ2v) is 7.95. The zero-order chi connectivity index (χ0) is 20.0. The first-order valence-corrected chi connectivity index (χ1v) is 10.4. The summed E-state index contributed by atoms with van der Waals surface area (Å²) in [5.74, 6) is 1.20. The highest BCUT2D eigenvalue weighted by Gasteiger charge is 2.41. The van der Waals surface area contributed by atoms with Gasteiger partial charge in [-0.1, -0.05) is 13.8 Å². The molecule has 154 valence electrons. The van der Waals surface area contributed by atoms with Crippen LogP contribution in [0.3, 0.4) is 0 Å². The maximum Gasteiger partial charge on any atom is 0.403 e. The van der Waals surface area contributed by atoms with Crippen LogP contribution in [-0.4, -0.2) is 72.2 Å². The summed E-state index contributed by atoms with van der Waals surface area (Å²) >= 11 is 1.68. The van der Waals surface area contributed by atoms with Crippen LogP contribution in [0.4, 0.5) is 13.2 Å². The van der Waals surface area contributed by atoms with Gasteiger partial charge in [-0.3, -0.25) is 9.89 Å². The van der Waals surface area contributed by atoms with Gasteiger partial charge in [0.15, 0.2) is 5.96 Å². The fraction of sp³-hybridized carbons (Fsp3) is 0.778. The van der Waals surface area contributed by atoms with Crippen molar-refractivity contribution in [2.75, 3.05) is 39.3 Å². The van der Waals surface area contributed by atoms with E-state index in [9.17, 15) is 13.2 Å². The Morgan fingerprint density at radius 1 is 1.26 bits per heavy atom. The van der Waals surface area contributed by atoms with Crippen molar-refractivity contribution in [1.82, 2.24) is 20.1 Å². The largest absolute Gasteiger partial charge is 0.403 e. The van der Waals surface area contributed by atoms with Gasteiger partial charge in [0.2, 0.25) is 0 Å². The molecule has 1 aromatic rings. The Morgan fingerprint density at radius 2 is 1.93 bits per heavy atom. The molecule has 0 amide bonds. The van der Waals surface area contributed by atoms with Crippen molar-refractivity contribution in [2.24, 2.45) is 4.99 Å². The van der Waals surface area contributed by atoms with Gasteiger partial charge >= 0.3 is 6.18 Å². The Bertz CT molecular complexity index is 606. The fourth-order valence-electron chi connectivity index (χ4n) is 2.93. The first-order valence-electron chi connectivity index (χ1n) is 9.50. The fourth-order valence-corrected chi connectivity index (χ4v) is 3.80. The number of piperazine rings is 1. The minimum atomic E-state index is -4.18. The van der Waals surface area contributed by atoms with Gasteiger partial charge in [-0.15, -0.1) is 11.3 Å². The maximum atomic E-state index is 12.9. The average molecular weight is 406 g/mol. The first kappa shape index (κ1) is 21.9. The van der Waals surface area contributed by atoms with Gasteiger partial charge in [0.05, 0.1) is 10.7 Å². The predicted molar refractivity (Wildman–Crippen MR) is 105 cm³/mol. The van der Waals surface area contributed by atoms with E-state index >= 15 is 0 Å². The van der Waals surface area contributed by atoms with E-state index in [0.29, 0.717) is 38.6 Å². The van der Waals surface area contributed by atoms with E-state index in [1.807, 2.05) is 11.8 Å². The smallest absolute Gasteiger partial charge is 0.357 e. The molecule has 5 nitrogen and oxygen atoms in total. The van der Waals surface area contributed by atoms with Gasteiger partial charge < -0.3 is 10.2 Å². The summed E-state index contributed by atoms with van der Waals surface area (Å²) < 4.78 is 38.7. The number of guanidine groups is 1. The minimum absolute atomic E-state index is 0.384. The molecule has 0 bridgehead atoms. The number of hydrogen-bond donors (Lipinski definition) is 1. The van der Waals surface area contributed by atoms with Crippen LogP contribution in [-0.2, 0) is 6.42 Å². The highest BCUT2D eigenvalue weighted by molar-refractivity contribution is 7.09. The highest BCUT2D eigenvalue weighted by Crippen LogP contribution is 2.25. The van der Waals surface area contributed by atoms with Crippen molar-refractivity contribution < 1.29 is 13.2 Å². The summed E-state index contributed by atoms with van der Waals surface area (Å²) in [5.41, 5.74) is 1.05. The second-order valence-electron chi connectivity index (χ2n) is 7.06. The molecule has 1 saturated heterocycles. The van der Waals surface area contributed by atoms with E-state index in [1.165, 1.54) is 11.8 Å². The lowest BCUT2D eigenvalue weighted by Gasteiger charge is -2.39. The molecule has 9 heteroatoms. The first-order chi connectivity index (χ1) is 12.7. The third-order valence-electron chi connectivity index (χ3n) is 4.66. The molecule has 1 fully saturated rings. The van der Waals surface area contributed by atoms with Gasteiger partial charge in [-0.2, -0.15) is 13.2 Å². The van der Waals surface area contributed by atoms with E-state index in [4.69, 9.17) is 0 Å². The summed E-state index contributed by atoms with van der Waals surface area (Å²) in [7, 11) is 0. The van der Waals surface area contributed by atoms with E-state index in [-0.39, 0.29) is 0 Å². The lowest BCUT2D eigenvalue weighted by atomic mass is 10.2. The van der Waals surface area contributed by atoms with E-state index in [0.717, 1.165) is 29.6 Å². The second kappa shape index (κ2) is 9.73. The molecule has 0 aliphatic carbocycles. The van der Waals surface area contributed by atoms with Crippen LogP contribution in [0, 0.1) is 0 Å². The van der Waals surface area contributed by atoms with Crippen molar-refractivity contribution in [3.63, 3.8) is 0 Å². The normalized spacial score (nSPS) is 18.2. The Hall–Kier alpha value is -1.35. The molecule has 1 aromatic heterocycles. The predicted octanol–water partition coefficient (Wildman–Crippen LogP) is 3.34. The molecule has 0 aromatic carbocycles. The topological polar surface area (TPSA) is 43.8 Å². The standard InChI is InChI=1S/C18H30F3N5S/c1-5-22-17(23-7-6-15-12-27-16(24-15)13(2)3)26-10-8-25(9-11-26)14(4)18(19,20)21/h12-14H,5-11H2,1-4H3,(H,22,23). The van der Waals surface area contributed by atoms with Gasteiger partial charge in [-0.25, -0.2) is 4.98 Å². The molecule has 27 heavy (non-hydrogen) atoms. The van der Waals surface area contributed by atoms with Crippen LogP contribution in [0.2, 0.25) is 0 Å². The SMILES string of the molecule is CCNC(=NCCc1csc(C(C)C)n1)N1CCN(C(C)C(F)(F)F)CC1. The molecular formula is C18H30F3N5S. The molecule has 1 aliphatic heterocycles. The minimum Gasteiger partial charge on any atom is -0.357 e. The molecule has 1 unspecified atom stereocenters. The summed E-state index contributed by atoms with van der Waals surface area (Å²) in [6.07, 6.45) is -3.41. The van der Waals surface area contributed by atoms with Crippen molar-refractivity contribution >= 4 is 17.3 Å². The van der Waals surface area contributed by atoms with Crippen molar-refractivity contribution in [3.05, 3.63) is 16.1 Å². The maximum absolute atomic E-state index is 12.9. The van der Waals surface area contributed by atoms with Crippen LogP contribution >= 0.6 is 11.3 Å². The Morgan fingerprint density at radius 3 is 2.44 bits per heavy atom. The molecule has 0 radical (unpaired) electrons. The number of rotatable bonds is 6.